The third-order valence-corrected chi connectivity index (χ3v) is 13.0. The Labute approximate surface area is 382 Å². The molecule has 12 aromatic rings. The summed E-state index contributed by atoms with van der Waals surface area (Å²) in [6.07, 6.45) is 0. The molecule has 0 atom stereocenters. The van der Waals surface area contributed by atoms with Crippen molar-refractivity contribution in [3.05, 3.63) is 242 Å². The van der Waals surface area contributed by atoms with Crippen LogP contribution in [0.15, 0.2) is 231 Å². The molecular weight excluding hydrogens is 801 g/mol. The highest BCUT2D eigenvalue weighted by Crippen LogP contribution is 2.43. The fraction of sp³-hybridized carbons (Fsp3) is 0. The Morgan fingerprint density at radius 3 is 0.894 bits per heavy atom. The summed E-state index contributed by atoms with van der Waals surface area (Å²) in [5.74, 6) is 0. The standard InChI is InChI=1S/C62H38N4/c63-39-41-14-13-23-46(32-41)51-37-61(65-57-28-24-47(42-15-5-1-6-16-42)33-52(57)53-34-48(25-29-58(53)65)43-17-7-2-8-18-43)56(40-64)62(38-51)66-59-30-26-49(44-19-9-3-10-20-44)35-54(59)55-36-50(27-31-60(55)66)45-21-11-4-12-22-45/h1-38H. The number of rotatable bonds is 7. The molecule has 306 valence electrons. The van der Waals surface area contributed by atoms with E-state index in [0.29, 0.717) is 11.1 Å². The van der Waals surface area contributed by atoms with Crippen LogP contribution in [0.5, 0.6) is 0 Å². The lowest BCUT2D eigenvalue weighted by Gasteiger charge is -2.19. The van der Waals surface area contributed by atoms with Gasteiger partial charge in [0.1, 0.15) is 11.6 Å². The number of nitriles is 2. The summed E-state index contributed by atoms with van der Waals surface area (Å²) >= 11 is 0. The zero-order chi connectivity index (χ0) is 44.1. The fourth-order valence-corrected chi connectivity index (χ4v) is 9.82. The molecule has 0 amide bonds. The normalized spacial score (nSPS) is 11.3. The van der Waals surface area contributed by atoms with E-state index in [1.54, 1.807) is 0 Å². The maximum absolute atomic E-state index is 11.7. The highest BCUT2D eigenvalue weighted by molar-refractivity contribution is 6.14. The number of nitrogens with zero attached hydrogens (tertiary/aromatic N) is 4. The second-order valence-electron chi connectivity index (χ2n) is 16.8. The van der Waals surface area contributed by atoms with Gasteiger partial charge in [0.15, 0.2) is 0 Å². The van der Waals surface area contributed by atoms with Crippen LogP contribution in [0.4, 0.5) is 0 Å². The summed E-state index contributed by atoms with van der Waals surface area (Å²) in [5, 5.41) is 26.1. The molecule has 4 heteroatoms. The van der Waals surface area contributed by atoms with Crippen LogP contribution in [0.25, 0.3) is 111 Å². The van der Waals surface area contributed by atoms with E-state index in [0.717, 1.165) is 111 Å². The summed E-state index contributed by atoms with van der Waals surface area (Å²) in [6.45, 7) is 0. The van der Waals surface area contributed by atoms with Gasteiger partial charge in [-0.3, -0.25) is 0 Å². The Hall–Kier alpha value is -9.22. The number of aromatic nitrogens is 2. The summed E-state index contributed by atoms with van der Waals surface area (Å²) in [7, 11) is 0. The third kappa shape index (κ3) is 6.45. The zero-order valence-electron chi connectivity index (χ0n) is 35.7. The molecule has 0 bridgehead atoms. The molecule has 0 N–H and O–H groups in total. The molecule has 10 aromatic carbocycles. The second kappa shape index (κ2) is 15.8. The molecule has 0 aliphatic rings. The van der Waals surface area contributed by atoms with E-state index in [1.165, 1.54) is 0 Å². The highest BCUT2D eigenvalue weighted by Gasteiger charge is 2.24. The minimum Gasteiger partial charge on any atom is -0.308 e. The Balaban J connectivity index is 1.19. The van der Waals surface area contributed by atoms with Crippen LogP contribution in [0.3, 0.4) is 0 Å². The van der Waals surface area contributed by atoms with Crippen LogP contribution < -0.4 is 0 Å². The van der Waals surface area contributed by atoms with Crippen molar-refractivity contribution in [1.29, 1.82) is 10.5 Å². The lowest BCUT2D eigenvalue weighted by atomic mass is 9.98. The first kappa shape index (κ1) is 38.5. The zero-order valence-corrected chi connectivity index (χ0v) is 35.7. The summed E-state index contributed by atoms with van der Waals surface area (Å²) < 4.78 is 4.53. The van der Waals surface area contributed by atoms with Gasteiger partial charge in [-0.1, -0.05) is 158 Å². The van der Waals surface area contributed by atoms with Gasteiger partial charge in [0.2, 0.25) is 0 Å². The van der Waals surface area contributed by atoms with Crippen molar-refractivity contribution in [3.63, 3.8) is 0 Å². The maximum atomic E-state index is 11.7. The quantitative estimate of drug-likeness (QED) is 0.161. The van der Waals surface area contributed by atoms with Crippen LogP contribution in [-0.4, -0.2) is 9.13 Å². The second-order valence-corrected chi connectivity index (χ2v) is 16.8. The predicted molar refractivity (Wildman–Crippen MR) is 272 cm³/mol. The number of benzene rings is 10. The van der Waals surface area contributed by atoms with Gasteiger partial charge < -0.3 is 9.13 Å². The maximum Gasteiger partial charge on any atom is 0.104 e. The largest absolute Gasteiger partial charge is 0.308 e. The number of hydrogen-bond acceptors (Lipinski definition) is 2. The van der Waals surface area contributed by atoms with Gasteiger partial charge in [0, 0.05) is 21.5 Å². The molecule has 0 saturated heterocycles. The topological polar surface area (TPSA) is 57.4 Å². The van der Waals surface area contributed by atoms with Gasteiger partial charge >= 0.3 is 0 Å². The van der Waals surface area contributed by atoms with E-state index in [1.807, 2.05) is 48.5 Å². The molecule has 0 aliphatic carbocycles. The van der Waals surface area contributed by atoms with Crippen molar-refractivity contribution >= 4 is 43.6 Å². The van der Waals surface area contributed by atoms with Gasteiger partial charge in [-0.05, 0) is 128 Å². The lowest BCUT2D eigenvalue weighted by molar-refractivity contribution is 1.12. The van der Waals surface area contributed by atoms with Crippen molar-refractivity contribution in [2.45, 2.75) is 0 Å². The van der Waals surface area contributed by atoms with Crippen molar-refractivity contribution in [3.8, 4) is 79.1 Å². The minimum absolute atomic E-state index is 0.534. The molecule has 0 unspecified atom stereocenters. The van der Waals surface area contributed by atoms with Gasteiger partial charge in [-0.2, -0.15) is 10.5 Å². The Kier molecular flexibility index (Phi) is 9.23. The SMILES string of the molecule is N#Cc1cccc(-c2cc(-n3c4ccc(-c5ccccc5)cc4c4cc(-c5ccccc5)ccc43)c(C#N)c(-n3c4ccc(-c5ccccc5)cc4c4cc(-c5ccccc5)ccc43)c2)c1. The van der Waals surface area contributed by atoms with E-state index in [-0.39, 0.29) is 0 Å². The highest BCUT2D eigenvalue weighted by atomic mass is 15.0. The van der Waals surface area contributed by atoms with Crippen molar-refractivity contribution in [1.82, 2.24) is 9.13 Å². The van der Waals surface area contributed by atoms with Gasteiger partial charge in [0.25, 0.3) is 0 Å². The van der Waals surface area contributed by atoms with E-state index in [2.05, 4.69) is 203 Å². The van der Waals surface area contributed by atoms with Crippen molar-refractivity contribution < 1.29 is 0 Å². The first-order chi connectivity index (χ1) is 32.6. The van der Waals surface area contributed by atoms with Crippen LogP contribution in [0.2, 0.25) is 0 Å². The van der Waals surface area contributed by atoms with Gasteiger partial charge in [-0.25, -0.2) is 0 Å². The Morgan fingerprint density at radius 2 is 0.576 bits per heavy atom. The van der Waals surface area contributed by atoms with E-state index >= 15 is 0 Å². The summed E-state index contributed by atoms with van der Waals surface area (Å²) in [4.78, 5) is 0. The molecule has 0 radical (unpaired) electrons. The van der Waals surface area contributed by atoms with Crippen LogP contribution >= 0.6 is 0 Å². The Bertz CT molecular complexity index is 3510. The lowest BCUT2D eigenvalue weighted by Crippen LogP contribution is -2.05. The van der Waals surface area contributed by atoms with Crippen LogP contribution in [-0.2, 0) is 0 Å². The van der Waals surface area contributed by atoms with E-state index in [4.69, 9.17) is 0 Å². The summed E-state index contributed by atoms with van der Waals surface area (Å²) in [6, 6.07) is 85.7. The third-order valence-electron chi connectivity index (χ3n) is 13.0. The first-order valence-corrected chi connectivity index (χ1v) is 22.1. The van der Waals surface area contributed by atoms with Crippen molar-refractivity contribution in [2.75, 3.05) is 0 Å². The Morgan fingerprint density at radius 1 is 0.258 bits per heavy atom. The average molecular weight is 839 g/mol. The average Bonchev–Trinajstić information content (AvgIpc) is 3.90. The van der Waals surface area contributed by atoms with Crippen LogP contribution in [0.1, 0.15) is 11.1 Å². The van der Waals surface area contributed by atoms with Crippen molar-refractivity contribution in [2.24, 2.45) is 0 Å². The molecule has 4 nitrogen and oxygen atoms in total. The molecule has 2 aromatic heterocycles. The molecule has 0 spiro atoms. The molecule has 66 heavy (non-hydrogen) atoms. The molecule has 2 heterocycles. The van der Waals surface area contributed by atoms with Crippen LogP contribution in [0, 0.1) is 22.7 Å². The molecular formula is C62H38N4. The molecule has 0 aliphatic heterocycles. The molecule has 0 saturated carbocycles. The fourth-order valence-electron chi connectivity index (χ4n) is 9.82. The van der Waals surface area contributed by atoms with E-state index in [9.17, 15) is 10.5 Å². The monoisotopic (exact) mass is 838 g/mol. The predicted octanol–water partition coefficient (Wildman–Crippen LogP) is 16.0. The van der Waals surface area contributed by atoms with E-state index < -0.39 is 0 Å². The number of fused-ring (bicyclic) bond motifs is 6. The summed E-state index contributed by atoms with van der Waals surface area (Å²) in [5.41, 5.74) is 17.3. The molecule has 12 rings (SSSR count). The molecule has 0 fully saturated rings. The van der Waals surface area contributed by atoms with Gasteiger partial charge in [0.05, 0.1) is 45.1 Å². The first-order valence-electron chi connectivity index (χ1n) is 22.1. The van der Waals surface area contributed by atoms with Gasteiger partial charge in [-0.15, -0.1) is 0 Å². The minimum atomic E-state index is 0.534. The smallest absolute Gasteiger partial charge is 0.104 e. The number of hydrogen-bond donors (Lipinski definition) is 0.